The predicted octanol–water partition coefficient (Wildman–Crippen LogP) is 5.62. The fourth-order valence-corrected chi connectivity index (χ4v) is 4.30. The molecule has 0 atom stereocenters. The average molecular weight is 562 g/mol. The molecule has 11 heteroatoms. The van der Waals surface area contributed by atoms with Crippen LogP contribution in [-0.2, 0) is 22.6 Å². The molecule has 4 amide bonds. The van der Waals surface area contributed by atoms with Crippen LogP contribution in [-0.4, -0.2) is 29.4 Å². The molecule has 0 radical (unpaired) electrons. The lowest BCUT2D eigenvalue weighted by atomic mass is 10.0. The number of hydrogen-bond acceptors (Lipinski definition) is 7. The summed E-state index contributed by atoms with van der Waals surface area (Å²) in [7, 11) is 0. The third-order valence-electron chi connectivity index (χ3n) is 5.80. The zero-order valence-electron chi connectivity index (χ0n) is 21.4. The lowest BCUT2D eigenvalue weighted by Crippen LogP contribution is -2.54. The van der Waals surface area contributed by atoms with E-state index in [0.29, 0.717) is 45.6 Å². The third kappa shape index (κ3) is 6.19. The van der Waals surface area contributed by atoms with Gasteiger partial charge in [0, 0.05) is 22.7 Å². The molecule has 204 valence electrons. The number of nitrogens with zero attached hydrogens (tertiary/aromatic N) is 2. The van der Waals surface area contributed by atoms with Crippen LogP contribution in [0.5, 0.6) is 11.5 Å². The fraction of sp³-hybridized carbons (Fsp3) is 0.138. The normalized spacial score (nSPS) is 14.2. The van der Waals surface area contributed by atoms with Gasteiger partial charge >= 0.3 is 6.03 Å². The summed E-state index contributed by atoms with van der Waals surface area (Å²) in [5, 5.41) is 13.9. The van der Waals surface area contributed by atoms with Gasteiger partial charge in [-0.1, -0.05) is 35.9 Å². The molecule has 0 bridgehead atoms. The molecular weight excluding hydrogens is 538 g/mol. The van der Waals surface area contributed by atoms with Gasteiger partial charge in [0.15, 0.2) is 11.5 Å². The van der Waals surface area contributed by atoms with Crippen molar-refractivity contribution in [2.45, 2.75) is 20.0 Å². The molecule has 40 heavy (non-hydrogen) atoms. The van der Waals surface area contributed by atoms with E-state index in [1.54, 1.807) is 37.3 Å². The molecule has 3 aromatic rings. The topological polar surface area (TPSA) is 128 Å². The smallest absolute Gasteiger partial charge is 0.335 e. The second-order valence-electron chi connectivity index (χ2n) is 8.59. The number of benzene rings is 3. The number of ether oxygens (including phenoxy) is 2. The number of barbiturate groups is 1. The first-order valence-corrected chi connectivity index (χ1v) is 12.5. The predicted molar refractivity (Wildman–Crippen MR) is 149 cm³/mol. The summed E-state index contributed by atoms with van der Waals surface area (Å²) >= 11 is 6.09. The van der Waals surface area contributed by atoms with Crippen LogP contribution < -0.4 is 19.7 Å². The highest BCUT2D eigenvalue weighted by Gasteiger charge is 2.37. The number of allylic oxidation sites excluding steroid dienone is 1. The van der Waals surface area contributed by atoms with Gasteiger partial charge < -0.3 is 9.47 Å². The number of nitro groups is 1. The standard InChI is InChI=1S/C29H24ClN3O7/c1-3-7-20-12-19(15-25(39-4-2)26(20)40-17-18-8-5-9-21(30)13-18)14-24-27(34)31-29(36)32(28(24)35)22-10-6-11-23(16-22)33(37)38/h3,5-6,8-16H,1,4,7,17H2,2H3,(H,31,34,36)/b24-14+. The van der Waals surface area contributed by atoms with Gasteiger partial charge in [-0.3, -0.25) is 25.0 Å². The number of hydrogen-bond donors (Lipinski definition) is 1. The monoisotopic (exact) mass is 561 g/mol. The largest absolute Gasteiger partial charge is 0.490 e. The molecule has 3 aromatic carbocycles. The molecule has 1 N–H and O–H groups in total. The van der Waals surface area contributed by atoms with Crippen LogP contribution in [0.15, 0.2) is 78.9 Å². The summed E-state index contributed by atoms with van der Waals surface area (Å²) in [6, 6.07) is 14.6. The van der Waals surface area contributed by atoms with Crippen molar-refractivity contribution in [3.05, 3.63) is 111 Å². The summed E-state index contributed by atoms with van der Waals surface area (Å²) in [4.78, 5) is 49.8. The van der Waals surface area contributed by atoms with E-state index in [4.69, 9.17) is 21.1 Å². The first kappa shape index (κ1) is 28.1. The molecule has 0 saturated carbocycles. The Hall–Kier alpha value is -4.96. The molecule has 1 heterocycles. The van der Waals surface area contributed by atoms with Gasteiger partial charge in [-0.15, -0.1) is 6.58 Å². The molecule has 1 aliphatic heterocycles. The Morgan fingerprint density at radius 2 is 1.85 bits per heavy atom. The van der Waals surface area contributed by atoms with Gasteiger partial charge in [-0.2, -0.15) is 0 Å². The van der Waals surface area contributed by atoms with Crippen molar-refractivity contribution < 1.29 is 28.8 Å². The van der Waals surface area contributed by atoms with E-state index in [-0.39, 0.29) is 23.6 Å². The molecule has 4 rings (SSSR count). The Labute approximate surface area is 234 Å². The number of non-ortho nitro benzene ring substituents is 1. The molecule has 1 saturated heterocycles. The minimum Gasteiger partial charge on any atom is -0.490 e. The second-order valence-corrected chi connectivity index (χ2v) is 9.02. The number of imide groups is 2. The fourth-order valence-electron chi connectivity index (χ4n) is 4.09. The number of anilines is 1. The van der Waals surface area contributed by atoms with Gasteiger partial charge in [-0.25, -0.2) is 9.69 Å². The number of nitro benzene ring substituents is 1. The van der Waals surface area contributed by atoms with Crippen LogP contribution in [0.2, 0.25) is 5.02 Å². The number of carbonyl (C=O) groups excluding carboxylic acids is 3. The molecule has 0 spiro atoms. The second kappa shape index (κ2) is 12.3. The summed E-state index contributed by atoms with van der Waals surface area (Å²) < 4.78 is 11.9. The maximum atomic E-state index is 13.3. The van der Waals surface area contributed by atoms with Gasteiger partial charge in [0.05, 0.1) is 17.2 Å². The summed E-state index contributed by atoms with van der Waals surface area (Å²) in [5.41, 5.74) is 1.26. The lowest BCUT2D eigenvalue weighted by molar-refractivity contribution is -0.384. The maximum Gasteiger partial charge on any atom is 0.335 e. The summed E-state index contributed by atoms with van der Waals surface area (Å²) in [6.07, 6.45) is 3.39. The molecule has 0 aliphatic carbocycles. The van der Waals surface area contributed by atoms with E-state index in [0.717, 1.165) is 11.6 Å². The van der Waals surface area contributed by atoms with Crippen molar-refractivity contribution in [3.8, 4) is 11.5 Å². The number of amides is 4. The Morgan fingerprint density at radius 3 is 2.55 bits per heavy atom. The Balaban J connectivity index is 1.73. The highest BCUT2D eigenvalue weighted by molar-refractivity contribution is 6.39. The van der Waals surface area contributed by atoms with E-state index in [2.05, 4.69) is 11.9 Å². The minimum absolute atomic E-state index is 0.0535. The van der Waals surface area contributed by atoms with Crippen LogP contribution in [0.4, 0.5) is 16.2 Å². The lowest BCUT2D eigenvalue weighted by Gasteiger charge is -2.26. The average Bonchev–Trinajstić information content (AvgIpc) is 2.91. The number of carbonyl (C=O) groups is 3. The van der Waals surface area contributed by atoms with E-state index >= 15 is 0 Å². The number of urea groups is 1. The highest BCUT2D eigenvalue weighted by Crippen LogP contribution is 2.36. The Kier molecular flexibility index (Phi) is 8.60. The summed E-state index contributed by atoms with van der Waals surface area (Å²) in [5.74, 6) is -0.984. The van der Waals surface area contributed by atoms with Crippen molar-refractivity contribution in [2.24, 2.45) is 0 Å². The molecule has 1 fully saturated rings. The van der Waals surface area contributed by atoms with Gasteiger partial charge in [0.1, 0.15) is 12.2 Å². The van der Waals surface area contributed by atoms with Crippen LogP contribution in [0.1, 0.15) is 23.6 Å². The molecule has 0 unspecified atom stereocenters. The quantitative estimate of drug-likeness (QED) is 0.112. The van der Waals surface area contributed by atoms with Gasteiger partial charge in [0.2, 0.25) is 0 Å². The first-order valence-electron chi connectivity index (χ1n) is 12.2. The van der Waals surface area contributed by atoms with E-state index in [1.165, 1.54) is 24.3 Å². The third-order valence-corrected chi connectivity index (χ3v) is 6.04. The number of halogens is 1. The first-order chi connectivity index (χ1) is 19.2. The minimum atomic E-state index is -1.01. The van der Waals surface area contributed by atoms with Crippen molar-refractivity contribution in [1.29, 1.82) is 0 Å². The van der Waals surface area contributed by atoms with Crippen molar-refractivity contribution >= 4 is 46.9 Å². The number of rotatable bonds is 10. The maximum absolute atomic E-state index is 13.3. The van der Waals surface area contributed by atoms with Crippen LogP contribution >= 0.6 is 11.6 Å². The van der Waals surface area contributed by atoms with E-state index < -0.39 is 22.8 Å². The number of nitrogens with one attached hydrogen (secondary N) is 1. The van der Waals surface area contributed by atoms with Crippen molar-refractivity contribution in [2.75, 3.05) is 11.5 Å². The highest BCUT2D eigenvalue weighted by atomic mass is 35.5. The van der Waals surface area contributed by atoms with Crippen LogP contribution in [0.25, 0.3) is 6.08 Å². The zero-order valence-corrected chi connectivity index (χ0v) is 22.1. The van der Waals surface area contributed by atoms with Crippen molar-refractivity contribution in [1.82, 2.24) is 5.32 Å². The van der Waals surface area contributed by atoms with Gasteiger partial charge in [0.25, 0.3) is 17.5 Å². The summed E-state index contributed by atoms with van der Waals surface area (Å²) in [6.45, 7) is 6.14. The Morgan fingerprint density at radius 1 is 1.07 bits per heavy atom. The van der Waals surface area contributed by atoms with Crippen molar-refractivity contribution in [3.63, 3.8) is 0 Å². The molecule has 0 aromatic heterocycles. The molecular formula is C29H24ClN3O7. The zero-order chi connectivity index (χ0) is 28.8. The molecule has 1 aliphatic rings. The van der Waals surface area contributed by atoms with Crippen LogP contribution in [0.3, 0.4) is 0 Å². The van der Waals surface area contributed by atoms with Crippen LogP contribution in [0, 0.1) is 10.1 Å². The SMILES string of the molecule is C=CCc1cc(/C=C2\C(=O)NC(=O)N(c3cccc([N+](=O)[O-])c3)C2=O)cc(OCC)c1OCc1cccc(Cl)c1. The Bertz CT molecular complexity index is 1550. The van der Waals surface area contributed by atoms with E-state index in [1.807, 2.05) is 12.1 Å². The van der Waals surface area contributed by atoms with E-state index in [9.17, 15) is 24.5 Å². The molecule has 10 nitrogen and oxygen atoms in total. The van der Waals surface area contributed by atoms with Gasteiger partial charge in [-0.05, 0) is 60.9 Å².